The summed E-state index contributed by atoms with van der Waals surface area (Å²) in [6.45, 7) is 0. The minimum atomic E-state index is 0.147. The fourth-order valence-electron chi connectivity index (χ4n) is 2.02. The van der Waals surface area contributed by atoms with Crippen molar-refractivity contribution in [3.05, 3.63) is 58.5 Å². The number of ketones is 1. The largest absolute Gasteiger partial charge is 0.464 e. The normalized spacial score (nSPS) is 10.9. The van der Waals surface area contributed by atoms with Crippen molar-refractivity contribution in [1.29, 1.82) is 0 Å². The number of carbonyl (C=O) groups is 1. The van der Waals surface area contributed by atoms with Crippen LogP contribution in [0.25, 0.3) is 11.0 Å². The summed E-state index contributed by atoms with van der Waals surface area (Å²) >= 11 is 1.69. The lowest BCUT2D eigenvalue weighted by Crippen LogP contribution is -1.99. The molecule has 0 fully saturated rings. The van der Waals surface area contributed by atoms with Gasteiger partial charge in [0.25, 0.3) is 0 Å². The molecule has 0 saturated heterocycles. The molecule has 0 N–H and O–H groups in total. The van der Waals surface area contributed by atoms with E-state index in [1.165, 1.54) is 4.88 Å². The number of furan rings is 1. The molecule has 18 heavy (non-hydrogen) atoms. The Morgan fingerprint density at radius 2 is 2.06 bits per heavy atom. The molecule has 3 rings (SSSR count). The van der Waals surface area contributed by atoms with Gasteiger partial charge in [-0.05, 0) is 23.9 Å². The molecule has 3 aromatic rings. The first-order valence-electron chi connectivity index (χ1n) is 5.86. The molecule has 0 atom stereocenters. The van der Waals surface area contributed by atoms with Crippen molar-refractivity contribution in [2.24, 2.45) is 0 Å². The van der Waals surface area contributed by atoms with Gasteiger partial charge in [-0.15, -0.1) is 11.3 Å². The Hall–Kier alpha value is -1.87. The minimum absolute atomic E-state index is 0.147. The summed E-state index contributed by atoms with van der Waals surface area (Å²) in [5.41, 5.74) is 1.47. The smallest absolute Gasteiger partial charge is 0.167 e. The molecule has 0 amide bonds. The van der Waals surface area contributed by atoms with Gasteiger partial charge in [0, 0.05) is 16.7 Å². The van der Waals surface area contributed by atoms with E-state index in [2.05, 4.69) is 6.07 Å². The summed E-state index contributed by atoms with van der Waals surface area (Å²) in [7, 11) is 0. The topological polar surface area (TPSA) is 30.2 Å². The molecule has 2 heterocycles. The van der Waals surface area contributed by atoms with Gasteiger partial charge in [0.15, 0.2) is 5.78 Å². The lowest BCUT2D eigenvalue weighted by atomic mass is 10.1. The number of thiophene rings is 1. The maximum atomic E-state index is 12.2. The van der Waals surface area contributed by atoms with E-state index >= 15 is 0 Å². The fourth-order valence-corrected chi connectivity index (χ4v) is 2.73. The van der Waals surface area contributed by atoms with Gasteiger partial charge in [-0.1, -0.05) is 24.3 Å². The highest BCUT2D eigenvalue weighted by molar-refractivity contribution is 7.09. The lowest BCUT2D eigenvalue weighted by molar-refractivity contribution is 0.0984. The highest BCUT2D eigenvalue weighted by atomic mass is 32.1. The van der Waals surface area contributed by atoms with Crippen LogP contribution in [0.5, 0.6) is 0 Å². The number of rotatable bonds is 4. The number of hydrogen-bond donors (Lipinski definition) is 0. The van der Waals surface area contributed by atoms with Crippen LogP contribution in [0.3, 0.4) is 0 Å². The second-order valence-electron chi connectivity index (χ2n) is 4.15. The van der Waals surface area contributed by atoms with Crippen LogP contribution in [0.2, 0.25) is 0 Å². The molecule has 0 saturated carbocycles. The molecule has 3 heteroatoms. The number of para-hydroxylation sites is 1. The molecule has 0 bridgehead atoms. The Morgan fingerprint density at radius 3 is 2.89 bits per heavy atom. The van der Waals surface area contributed by atoms with Gasteiger partial charge in [0.2, 0.25) is 0 Å². The third kappa shape index (κ3) is 2.09. The number of Topliss-reactive ketones (excluding diaryl/α,β-unsaturated/α-hetero) is 1. The third-order valence-corrected chi connectivity index (χ3v) is 3.90. The summed E-state index contributed by atoms with van der Waals surface area (Å²) in [5.74, 6) is 0.147. The molecule has 0 unspecified atom stereocenters. The average Bonchev–Trinajstić information content (AvgIpc) is 3.05. The average molecular weight is 256 g/mol. The zero-order valence-corrected chi connectivity index (χ0v) is 10.6. The molecule has 2 aromatic heterocycles. The Kier molecular flexibility index (Phi) is 2.99. The Bertz CT molecular complexity index is 665. The quantitative estimate of drug-likeness (QED) is 0.651. The Balaban J connectivity index is 1.80. The van der Waals surface area contributed by atoms with E-state index in [4.69, 9.17) is 4.42 Å². The zero-order valence-electron chi connectivity index (χ0n) is 9.76. The van der Waals surface area contributed by atoms with Gasteiger partial charge in [-0.2, -0.15) is 0 Å². The van der Waals surface area contributed by atoms with Crippen molar-refractivity contribution in [1.82, 2.24) is 0 Å². The summed E-state index contributed by atoms with van der Waals surface area (Å²) in [6, 6.07) is 11.7. The predicted octanol–water partition coefficient (Wildman–Crippen LogP) is 4.31. The van der Waals surface area contributed by atoms with Crippen LogP contribution in [-0.4, -0.2) is 5.78 Å². The summed E-state index contributed by atoms with van der Waals surface area (Å²) in [4.78, 5) is 13.4. The van der Waals surface area contributed by atoms with Crippen molar-refractivity contribution in [2.45, 2.75) is 12.8 Å². The van der Waals surface area contributed by atoms with E-state index < -0.39 is 0 Å². The molecule has 0 aliphatic heterocycles. The van der Waals surface area contributed by atoms with E-state index in [0.29, 0.717) is 12.0 Å². The van der Waals surface area contributed by atoms with E-state index in [9.17, 15) is 4.79 Å². The molecule has 0 radical (unpaired) electrons. The molecular weight excluding hydrogens is 244 g/mol. The Labute approximate surface area is 109 Å². The van der Waals surface area contributed by atoms with Crippen molar-refractivity contribution in [3.63, 3.8) is 0 Å². The molecule has 1 aromatic carbocycles. The second kappa shape index (κ2) is 4.78. The molecule has 90 valence electrons. The van der Waals surface area contributed by atoms with Crippen molar-refractivity contribution in [3.8, 4) is 0 Å². The van der Waals surface area contributed by atoms with Crippen molar-refractivity contribution in [2.75, 3.05) is 0 Å². The first kappa shape index (κ1) is 11.2. The minimum Gasteiger partial charge on any atom is -0.464 e. The first-order valence-corrected chi connectivity index (χ1v) is 6.74. The van der Waals surface area contributed by atoms with Gasteiger partial charge in [-0.25, -0.2) is 0 Å². The highest BCUT2D eigenvalue weighted by Gasteiger charge is 2.13. The van der Waals surface area contributed by atoms with Gasteiger partial charge in [0.1, 0.15) is 11.8 Å². The SMILES string of the molecule is O=C(CCc1cccs1)c1coc2ccccc12. The Morgan fingerprint density at radius 1 is 1.17 bits per heavy atom. The zero-order chi connectivity index (χ0) is 12.4. The highest BCUT2D eigenvalue weighted by Crippen LogP contribution is 2.22. The van der Waals surface area contributed by atoms with Crippen LogP contribution in [-0.2, 0) is 6.42 Å². The van der Waals surface area contributed by atoms with Crippen LogP contribution < -0.4 is 0 Å². The third-order valence-electron chi connectivity index (χ3n) is 2.96. The number of benzene rings is 1. The van der Waals surface area contributed by atoms with Crippen molar-refractivity contribution < 1.29 is 9.21 Å². The molecule has 0 aliphatic carbocycles. The fraction of sp³-hybridized carbons (Fsp3) is 0.133. The number of carbonyl (C=O) groups excluding carboxylic acids is 1. The summed E-state index contributed by atoms with van der Waals surface area (Å²) < 4.78 is 5.39. The maximum Gasteiger partial charge on any atom is 0.167 e. The number of aryl methyl sites for hydroxylation is 1. The number of hydrogen-bond acceptors (Lipinski definition) is 3. The molecule has 2 nitrogen and oxygen atoms in total. The predicted molar refractivity (Wildman–Crippen MR) is 73.2 cm³/mol. The molecule has 0 spiro atoms. The summed E-state index contributed by atoms with van der Waals surface area (Å²) in [6.07, 6.45) is 2.90. The molecular formula is C15H12O2S. The molecule has 0 aliphatic rings. The van der Waals surface area contributed by atoms with Gasteiger partial charge in [-0.3, -0.25) is 4.79 Å². The van der Waals surface area contributed by atoms with Crippen LogP contribution in [0.15, 0.2) is 52.5 Å². The number of fused-ring (bicyclic) bond motifs is 1. The maximum absolute atomic E-state index is 12.2. The first-order chi connectivity index (χ1) is 8.84. The van der Waals surface area contributed by atoms with Gasteiger partial charge in [0.05, 0.1) is 5.56 Å². The van der Waals surface area contributed by atoms with Crippen LogP contribution in [0.4, 0.5) is 0 Å². The standard InChI is InChI=1S/C15H12O2S/c16-14(8-7-11-4-3-9-18-11)13-10-17-15-6-2-1-5-12(13)15/h1-6,9-10H,7-8H2. The van der Waals surface area contributed by atoms with Crippen LogP contribution in [0.1, 0.15) is 21.7 Å². The van der Waals surface area contributed by atoms with E-state index in [1.54, 1.807) is 17.6 Å². The lowest BCUT2D eigenvalue weighted by Gasteiger charge is -1.97. The van der Waals surface area contributed by atoms with E-state index in [-0.39, 0.29) is 5.78 Å². The van der Waals surface area contributed by atoms with Gasteiger partial charge < -0.3 is 4.42 Å². The summed E-state index contributed by atoms with van der Waals surface area (Å²) in [5, 5.41) is 2.95. The van der Waals surface area contributed by atoms with Crippen LogP contribution >= 0.6 is 11.3 Å². The van der Waals surface area contributed by atoms with Gasteiger partial charge >= 0.3 is 0 Å². The second-order valence-corrected chi connectivity index (χ2v) is 5.18. The van der Waals surface area contributed by atoms with E-state index in [0.717, 1.165) is 17.4 Å². The van der Waals surface area contributed by atoms with Crippen molar-refractivity contribution >= 4 is 28.1 Å². The monoisotopic (exact) mass is 256 g/mol. The van der Waals surface area contributed by atoms with E-state index in [1.807, 2.05) is 35.7 Å². The van der Waals surface area contributed by atoms with Crippen LogP contribution in [0, 0.1) is 0 Å².